The maximum Gasteiger partial charge on any atom is 0.490 e. The van der Waals surface area contributed by atoms with Gasteiger partial charge in [0.2, 0.25) is 0 Å². The molecule has 3 atom stereocenters. The number of carboxylic acids is 2. The van der Waals surface area contributed by atoms with E-state index < -0.39 is 24.3 Å². The highest BCUT2D eigenvalue weighted by atomic mass is 19.4. The van der Waals surface area contributed by atoms with Crippen LogP contribution in [0.2, 0.25) is 0 Å². The number of carbonyl (C=O) groups excluding carboxylic acids is 1. The molecule has 0 spiro atoms. The first-order chi connectivity index (χ1) is 16.7. The molecule has 4 rings (SSSR count). The Hall–Kier alpha value is -2.94. The average Bonchev–Trinajstić information content (AvgIpc) is 3.39. The molecule has 3 heterocycles. The molecule has 202 valence electrons. The molecule has 2 aliphatic heterocycles. The van der Waals surface area contributed by atoms with Crippen LogP contribution < -0.4 is 5.32 Å². The van der Waals surface area contributed by atoms with E-state index in [1.165, 1.54) is 19.4 Å². The molecule has 3 aliphatic rings. The molecular weight excluding hydrogens is 504 g/mol. The minimum atomic E-state index is -5.08. The number of aliphatic carboxylic acids is 2. The Balaban J connectivity index is 0.000000271. The van der Waals surface area contributed by atoms with Gasteiger partial charge >= 0.3 is 24.3 Å². The SMILES string of the molecule is O=C(NC[C@@H]1CO[C@@H]2CN(CC3CC3)C[C@H]12)c1cccnc1.O=C(O)C(F)(F)F.O=C(O)C(F)(F)F. The second-order valence-electron chi connectivity index (χ2n) is 8.52. The number of aromatic nitrogens is 1. The number of halogens is 6. The number of fused-ring (bicyclic) bond motifs is 1. The molecule has 1 aromatic heterocycles. The summed E-state index contributed by atoms with van der Waals surface area (Å²) in [6.07, 6.45) is -3.71. The summed E-state index contributed by atoms with van der Waals surface area (Å²) in [6, 6.07) is 3.58. The first-order valence-corrected chi connectivity index (χ1v) is 10.8. The minimum absolute atomic E-state index is 0.0376. The number of nitrogens with one attached hydrogen (secondary N) is 1. The number of carbonyl (C=O) groups is 3. The van der Waals surface area contributed by atoms with E-state index in [1.54, 1.807) is 24.5 Å². The maximum absolute atomic E-state index is 12.1. The quantitative estimate of drug-likeness (QED) is 0.497. The van der Waals surface area contributed by atoms with Crippen LogP contribution in [0.1, 0.15) is 23.2 Å². The third-order valence-electron chi connectivity index (χ3n) is 5.66. The van der Waals surface area contributed by atoms with Crippen molar-refractivity contribution in [2.24, 2.45) is 17.8 Å². The molecule has 2 saturated heterocycles. The predicted octanol–water partition coefficient (Wildman–Crippen LogP) is 2.43. The Kier molecular flexibility index (Phi) is 10.0. The lowest BCUT2D eigenvalue weighted by atomic mass is 9.93. The smallest absolute Gasteiger partial charge is 0.475 e. The maximum atomic E-state index is 12.1. The summed E-state index contributed by atoms with van der Waals surface area (Å²) in [7, 11) is 0. The monoisotopic (exact) mass is 529 g/mol. The van der Waals surface area contributed by atoms with Gasteiger partial charge in [-0.3, -0.25) is 9.78 Å². The van der Waals surface area contributed by atoms with Gasteiger partial charge in [-0.1, -0.05) is 0 Å². The van der Waals surface area contributed by atoms with Gasteiger partial charge in [-0.25, -0.2) is 9.59 Å². The van der Waals surface area contributed by atoms with Crippen molar-refractivity contribution in [3.63, 3.8) is 0 Å². The van der Waals surface area contributed by atoms with Crippen molar-refractivity contribution in [3.8, 4) is 0 Å². The summed E-state index contributed by atoms with van der Waals surface area (Å²) < 4.78 is 69.4. The number of hydrogen-bond acceptors (Lipinski definition) is 6. The summed E-state index contributed by atoms with van der Waals surface area (Å²) in [6.45, 7) is 4.93. The van der Waals surface area contributed by atoms with Gasteiger partial charge in [0.1, 0.15) is 0 Å². The highest BCUT2D eigenvalue weighted by Gasteiger charge is 2.44. The molecule has 1 saturated carbocycles. The number of amides is 1. The lowest BCUT2D eigenvalue weighted by Gasteiger charge is -2.19. The van der Waals surface area contributed by atoms with Crippen LogP contribution in [-0.2, 0) is 14.3 Å². The van der Waals surface area contributed by atoms with Crippen LogP contribution in [0.25, 0.3) is 0 Å². The molecule has 3 fully saturated rings. The summed E-state index contributed by atoms with van der Waals surface area (Å²) in [5, 5.41) is 17.3. The molecule has 9 nitrogen and oxygen atoms in total. The van der Waals surface area contributed by atoms with E-state index in [9.17, 15) is 31.1 Å². The van der Waals surface area contributed by atoms with Gasteiger partial charge in [-0.05, 0) is 30.9 Å². The molecule has 15 heteroatoms. The van der Waals surface area contributed by atoms with Crippen molar-refractivity contribution >= 4 is 17.8 Å². The zero-order valence-corrected chi connectivity index (χ0v) is 18.8. The van der Waals surface area contributed by atoms with E-state index in [0.717, 1.165) is 25.6 Å². The van der Waals surface area contributed by atoms with Gasteiger partial charge in [0.15, 0.2) is 0 Å². The number of hydrogen-bond donors (Lipinski definition) is 3. The lowest BCUT2D eigenvalue weighted by Crippen LogP contribution is -2.34. The van der Waals surface area contributed by atoms with Gasteiger partial charge in [-0.15, -0.1) is 0 Å². The van der Waals surface area contributed by atoms with Crippen LogP contribution in [-0.4, -0.2) is 89.2 Å². The van der Waals surface area contributed by atoms with Gasteiger partial charge in [0, 0.05) is 50.4 Å². The number of pyridine rings is 1. The Morgan fingerprint density at radius 3 is 2.11 bits per heavy atom. The molecule has 3 N–H and O–H groups in total. The molecule has 0 bridgehead atoms. The lowest BCUT2D eigenvalue weighted by molar-refractivity contribution is -0.193. The van der Waals surface area contributed by atoms with Crippen LogP contribution in [0.4, 0.5) is 26.3 Å². The second kappa shape index (κ2) is 12.3. The van der Waals surface area contributed by atoms with Crippen LogP contribution >= 0.6 is 0 Å². The molecule has 0 unspecified atom stereocenters. The second-order valence-corrected chi connectivity index (χ2v) is 8.52. The van der Waals surface area contributed by atoms with Crippen LogP contribution in [0.3, 0.4) is 0 Å². The molecule has 1 aliphatic carbocycles. The predicted molar refractivity (Wildman–Crippen MR) is 110 cm³/mol. The minimum Gasteiger partial charge on any atom is -0.475 e. The normalized spacial score (nSPS) is 23.4. The summed E-state index contributed by atoms with van der Waals surface area (Å²) in [5.41, 5.74) is 0.625. The summed E-state index contributed by atoms with van der Waals surface area (Å²) in [4.78, 5) is 36.4. The van der Waals surface area contributed by atoms with E-state index >= 15 is 0 Å². The average molecular weight is 529 g/mol. The Bertz CT molecular complexity index is 870. The Morgan fingerprint density at radius 2 is 1.64 bits per heavy atom. The molecule has 0 aromatic carbocycles. The summed E-state index contributed by atoms with van der Waals surface area (Å²) >= 11 is 0. The molecule has 0 radical (unpaired) electrons. The van der Waals surface area contributed by atoms with E-state index in [-0.39, 0.29) is 5.91 Å². The van der Waals surface area contributed by atoms with Gasteiger partial charge in [0.05, 0.1) is 18.3 Å². The fourth-order valence-electron chi connectivity index (χ4n) is 3.73. The Morgan fingerprint density at radius 1 is 1.06 bits per heavy atom. The fraction of sp³-hybridized carbons (Fsp3) is 0.619. The van der Waals surface area contributed by atoms with Crippen molar-refractivity contribution in [2.45, 2.75) is 31.3 Å². The van der Waals surface area contributed by atoms with E-state index in [2.05, 4.69) is 15.2 Å². The van der Waals surface area contributed by atoms with Gasteiger partial charge < -0.3 is 25.2 Å². The van der Waals surface area contributed by atoms with Crippen LogP contribution in [0, 0.1) is 17.8 Å². The number of nitrogens with zero attached hydrogens (tertiary/aromatic N) is 2. The van der Waals surface area contributed by atoms with E-state index in [0.29, 0.717) is 30.0 Å². The molecule has 1 aromatic rings. The van der Waals surface area contributed by atoms with Crippen LogP contribution in [0.15, 0.2) is 24.5 Å². The summed E-state index contributed by atoms with van der Waals surface area (Å²) in [5.74, 6) is -3.60. The van der Waals surface area contributed by atoms with Crippen molar-refractivity contribution in [1.82, 2.24) is 15.2 Å². The number of carboxylic acid groups (broad SMARTS) is 2. The molecule has 36 heavy (non-hydrogen) atoms. The number of likely N-dealkylation sites (tertiary alicyclic amines) is 1. The third-order valence-corrected chi connectivity index (χ3v) is 5.66. The standard InChI is InChI=1S/C17H23N3O2.2C2HF3O2/c21-17(13-2-1-5-18-6-13)19-7-14-11-22-16-10-20(9-15(14)16)8-12-3-4-12;2*3-2(4,5)1(6)7/h1-2,5-6,12,14-16H,3-4,7-11H2,(H,19,21);2*(H,6,7)/t14-,15-,16-;;/m1../s1. The van der Waals surface area contributed by atoms with Crippen molar-refractivity contribution in [2.75, 3.05) is 32.8 Å². The van der Waals surface area contributed by atoms with Crippen molar-refractivity contribution in [1.29, 1.82) is 0 Å². The van der Waals surface area contributed by atoms with Gasteiger partial charge in [0.25, 0.3) is 5.91 Å². The third kappa shape index (κ3) is 9.60. The van der Waals surface area contributed by atoms with E-state index in [1.807, 2.05) is 0 Å². The molecular formula is C21H25F6N3O6. The van der Waals surface area contributed by atoms with E-state index in [4.69, 9.17) is 24.5 Å². The zero-order chi connectivity index (χ0) is 27.1. The molecule has 1 amide bonds. The number of rotatable bonds is 5. The Labute approximate surface area is 201 Å². The fourth-order valence-corrected chi connectivity index (χ4v) is 3.73. The van der Waals surface area contributed by atoms with Crippen molar-refractivity contribution in [3.05, 3.63) is 30.1 Å². The number of ether oxygens (including phenoxy) is 1. The first kappa shape index (κ1) is 29.3. The first-order valence-electron chi connectivity index (χ1n) is 10.8. The topological polar surface area (TPSA) is 129 Å². The highest BCUT2D eigenvalue weighted by Crippen LogP contribution is 2.36. The largest absolute Gasteiger partial charge is 0.490 e. The van der Waals surface area contributed by atoms with Crippen LogP contribution in [0.5, 0.6) is 0 Å². The zero-order valence-electron chi connectivity index (χ0n) is 18.8. The highest BCUT2D eigenvalue weighted by molar-refractivity contribution is 5.93. The van der Waals surface area contributed by atoms with Gasteiger partial charge in [-0.2, -0.15) is 26.3 Å². The number of alkyl halides is 6. The van der Waals surface area contributed by atoms with Crippen molar-refractivity contribution < 1.29 is 55.7 Å².